The molecule has 0 bridgehead atoms. The smallest absolute Gasteiger partial charge is 0.251 e. The van der Waals surface area contributed by atoms with Crippen LogP contribution in [0.1, 0.15) is 10.4 Å². The fourth-order valence-corrected chi connectivity index (χ4v) is 1.63. The number of amides is 1. The molecule has 0 fully saturated rings. The molecule has 3 heteroatoms. The molecule has 1 amide bonds. The van der Waals surface area contributed by atoms with Crippen LogP contribution < -0.4 is 5.32 Å². The maximum absolute atomic E-state index is 13.1. The highest BCUT2D eigenvalue weighted by Crippen LogP contribution is 2.20. The first kappa shape index (κ1) is 11.3. The minimum absolute atomic E-state index is 0.129. The van der Waals surface area contributed by atoms with E-state index >= 15 is 0 Å². The lowest BCUT2D eigenvalue weighted by Gasteiger charge is -2.03. The molecule has 0 saturated heterocycles. The van der Waals surface area contributed by atoms with Gasteiger partial charge in [-0.1, -0.05) is 24.3 Å². The molecule has 0 unspecified atom stereocenters. The number of carbonyl (C=O) groups is 1. The molecule has 2 rings (SSSR count). The van der Waals surface area contributed by atoms with Crippen LogP contribution in [0.5, 0.6) is 0 Å². The third kappa shape index (κ3) is 2.50. The van der Waals surface area contributed by atoms with Gasteiger partial charge in [0.05, 0.1) is 0 Å². The van der Waals surface area contributed by atoms with Gasteiger partial charge in [0.2, 0.25) is 0 Å². The lowest BCUT2D eigenvalue weighted by Crippen LogP contribution is -2.17. The van der Waals surface area contributed by atoms with E-state index in [1.54, 1.807) is 37.4 Å². The summed E-state index contributed by atoms with van der Waals surface area (Å²) in [6, 6.07) is 13.4. The van der Waals surface area contributed by atoms with Crippen LogP contribution in [0.3, 0.4) is 0 Å². The van der Waals surface area contributed by atoms with E-state index in [0.717, 1.165) is 11.1 Å². The predicted molar refractivity (Wildman–Crippen MR) is 65.2 cm³/mol. The van der Waals surface area contributed by atoms with Crippen LogP contribution in [0.25, 0.3) is 11.1 Å². The first-order chi connectivity index (χ1) is 8.20. The molecule has 0 spiro atoms. The van der Waals surface area contributed by atoms with Gasteiger partial charge in [0.25, 0.3) is 5.91 Å². The highest BCUT2D eigenvalue weighted by molar-refractivity contribution is 5.94. The van der Waals surface area contributed by atoms with Crippen LogP contribution in [0, 0.1) is 5.82 Å². The zero-order chi connectivity index (χ0) is 12.3. The average Bonchev–Trinajstić information content (AvgIpc) is 2.38. The number of carbonyl (C=O) groups excluding carboxylic acids is 1. The summed E-state index contributed by atoms with van der Waals surface area (Å²) in [5.74, 6) is -0.395. The molecule has 0 aliphatic rings. The van der Waals surface area contributed by atoms with Gasteiger partial charge >= 0.3 is 0 Å². The summed E-state index contributed by atoms with van der Waals surface area (Å²) in [6.07, 6.45) is 0. The Labute approximate surface area is 99.1 Å². The second kappa shape index (κ2) is 4.78. The van der Waals surface area contributed by atoms with Crippen molar-refractivity contribution in [1.82, 2.24) is 5.32 Å². The second-order valence-electron chi connectivity index (χ2n) is 3.67. The van der Waals surface area contributed by atoms with Crippen molar-refractivity contribution in [3.8, 4) is 11.1 Å². The van der Waals surface area contributed by atoms with Crippen molar-refractivity contribution < 1.29 is 9.18 Å². The summed E-state index contributed by atoms with van der Waals surface area (Å²) in [6.45, 7) is 0. The van der Waals surface area contributed by atoms with Crippen molar-refractivity contribution in [3.63, 3.8) is 0 Å². The molecular weight excluding hydrogens is 217 g/mol. The molecule has 0 atom stereocenters. The van der Waals surface area contributed by atoms with E-state index in [0.29, 0.717) is 5.56 Å². The van der Waals surface area contributed by atoms with Gasteiger partial charge in [-0.25, -0.2) is 4.39 Å². The van der Waals surface area contributed by atoms with Gasteiger partial charge in [-0.2, -0.15) is 0 Å². The molecule has 2 aromatic rings. The molecular formula is C14H12FNO. The highest BCUT2D eigenvalue weighted by Gasteiger charge is 2.03. The van der Waals surface area contributed by atoms with Gasteiger partial charge in [0, 0.05) is 12.6 Å². The van der Waals surface area contributed by atoms with Crippen LogP contribution in [-0.4, -0.2) is 13.0 Å². The van der Waals surface area contributed by atoms with E-state index in [1.807, 2.05) is 6.07 Å². The maximum Gasteiger partial charge on any atom is 0.251 e. The van der Waals surface area contributed by atoms with Crippen molar-refractivity contribution in [1.29, 1.82) is 0 Å². The predicted octanol–water partition coefficient (Wildman–Crippen LogP) is 2.85. The summed E-state index contributed by atoms with van der Waals surface area (Å²) in [5, 5.41) is 2.55. The molecule has 2 aromatic carbocycles. The maximum atomic E-state index is 13.1. The first-order valence-electron chi connectivity index (χ1n) is 5.29. The number of halogens is 1. The third-order valence-electron chi connectivity index (χ3n) is 2.53. The topological polar surface area (TPSA) is 29.1 Å². The quantitative estimate of drug-likeness (QED) is 0.842. The summed E-state index contributed by atoms with van der Waals surface area (Å²) in [5.41, 5.74) is 2.28. The SMILES string of the molecule is CNC(=O)c1ccc(-c2cccc(F)c2)cc1. The lowest BCUT2D eigenvalue weighted by atomic mass is 10.0. The molecule has 0 radical (unpaired) electrons. The van der Waals surface area contributed by atoms with Crippen molar-refractivity contribution in [3.05, 3.63) is 59.9 Å². The normalized spacial score (nSPS) is 10.0. The van der Waals surface area contributed by atoms with Gasteiger partial charge < -0.3 is 5.32 Å². The molecule has 0 aliphatic carbocycles. The van der Waals surface area contributed by atoms with E-state index in [2.05, 4.69) is 5.32 Å². The fraction of sp³-hybridized carbons (Fsp3) is 0.0714. The van der Waals surface area contributed by atoms with Crippen molar-refractivity contribution in [2.24, 2.45) is 0 Å². The standard InChI is InChI=1S/C14H12FNO/c1-16-14(17)11-7-5-10(6-8-11)12-3-2-4-13(15)9-12/h2-9H,1H3,(H,16,17). The molecule has 0 heterocycles. The van der Waals surface area contributed by atoms with Crippen LogP contribution in [0.4, 0.5) is 4.39 Å². The minimum atomic E-state index is -0.266. The van der Waals surface area contributed by atoms with E-state index in [-0.39, 0.29) is 11.7 Å². The number of benzene rings is 2. The largest absolute Gasteiger partial charge is 0.355 e. The highest BCUT2D eigenvalue weighted by atomic mass is 19.1. The average molecular weight is 229 g/mol. The van der Waals surface area contributed by atoms with E-state index in [1.165, 1.54) is 12.1 Å². The van der Waals surface area contributed by atoms with Gasteiger partial charge in [-0.05, 0) is 35.4 Å². The zero-order valence-electron chi connectivity index (χ0n) is 9.41. The van der Waals surface area contributed by atoms with Crippen LogP contribution in [0.15, 0.2) is 48.5 Å². The van der Waals surface area contributed by atoms with Crippen LogP contribution in [-0.2, 0) is 0 Å². The van der Waals surface area contributed by atoms with Gasteiger partial charge in [0.15, 0.2) is 0 Å². The second-order valence-corrected chi connectivity index (χ2v) is 3.67. The Bertz CT molecular complexity index is 534. The molecule has 0 aromatic heterocycles. The number of hydrogen-bond donors (Lipinski definition) is 1. The summed E-state index contributed by atoms with van der Waals surface area (Å²) < 4.78 is 13.1. The Hall–Kier alpha value is -2.16. The van der Waals surface area contributed by atoms with Crippen molar-refractivity contribution in [2.75, 3.05) is 7.05 Å². The third-order valence-corrected chi connectivity index (χ3v) is 2.53. The first-order valence-corrected chi connectivity index (χ1v) is 5.29. The molecule has 86 valence electrons. The van der Waals surface area contributed by atoms with Crippen molar-refractivity contribution >= 4 is 5.91 Å². The van der Waals surface area contributed by atoms with Gasteiger partial charge in [0.1, 0.15) is 5.82 Å². The summed E-state index contributed by atoms with van der Waals surface area (Å²) in [7, 11) is 1.59. The van der Waals surface area contributed by atoms with Gasteiger partial charge in [-0.3, -0.25) is 4.79 Å². The summed E-state index contributed by atoms with van der Waals surface area (Å²) >= 11 is 0. The lowest BCUT2D eigenvalue weighted by molar-refractivity contribution is 0.0963. The minimum Gasteiger partial charge on any atom is -0.355 e. The van der Waals surface area contributed by atoms with E-state index in [9.17, 15) is 9.18 Å². The fourth-order valence-electron chi connectivity index (χ4n) is 1.63. The molecule has 2 nitrogen and oxygen atoms in total. The molecule has 1 N–H and O–H groups in total. The molecule has 0 aliphatic heterocycles. The van der Waals surface area contributed by atoms with E-state index in [4.69, 9.17) is 0 Å². The van der Waals surface area contributed by atoms with Gasteiger partial charge in [-0.15, -0.1) is 0 Å². The Morgan fingerprint density at radius 2 is 1.76 bits per heavy atom. The van der Waals surface area contributed by atoms with E-state index < -0.39 is 0 Å². The zero-order valence-corrected chi connectivity index (χ0v) is 9.41. The monoisotopic (exact) mass is 229 g/mol. The Kier molecular flexibility index (Phi) is 3.19. The Morgan fingerprint density at radius 1 is 1.06 bits per heavy atom. The van der Waals surface area contributed by atoms with Crippen molar-refractivity contribution in [2.45, 2.75) is 0 Å². The number of rotatable bonds is 2. The molecule has 17 heavy (non-hydrogen) atoms. The Balaban J connectivity index is 2.32. The van der Waals surface area contributed by atoms with Crippen LogP contribution in [0.2, 0.25) is 0 Å². The number of nitrogens with one attached hydrogen (secondary N) is 1. The number of hydrogen-bond acceptors (Lipinski definition) is 1. The molecule has 0 saturated carbocycles. The van der Waals surface area contributed by atoms with Crippen LogP contribution >= 0.6 is 0 Å². The summed E-state index contributed by atoms with van der Waals surface area (Å²) in [4.78, 5) is 11.3. The Morgan fingerprint density at radius 3 is 2.35 bits per heavy atom.